The quantitative estimate of drug-likeness (QED) is 0.677. The second-order valence-corrected chi connectivity index (χ2v) is 4.20. The summed E-state index contributed by atoms with van der Waals surface area (Å²) in [5.74, 6) is 1.01. The third-order valence-electron chi connectivity index (χ3n) is 2.89. The van der Waals surface area contributed by atoms with E-state index < -0.39 is 4.92 Å². The van der Waals surface area contributed by atoms with Crippen LogP contribution < -0.4 is 5.32 Å². The monoisotopic (exact) mass is 272 g/mol. The fourth-order valence-corrected chi connectivity index (χ4v) is 1.96. The lowest BCUT2D eigenvalue weighted by Gasteiger charge is -2.10. The van der Waals surface area contributed by atoms with Crippen molar-refractivity contribution >= 4 is 11.5 Å². The molecule has 1 N–H and O–H groups in total. The standard InChI is InChI=1S/C13H12N4O3/c1-8-11(6-14)13(15-7-10-4-3-5-20-10)16-9(2)12(8)17(18)19/h3-5H,7H2,1-2H3,(H,15,16). The number of nitrogens with one attached hydrogen (secondary N) is 1. The maximum atomic E-state index is 11.0. The van der Waals surface area contributed by atoms with Crippen LogP contribution in [-0.2, 0) is 6.54 Å². The van der Waals surface area contributed by atoms with Crippen molar-refractivity contribution in [2.45, 2.75) is 20.4 Å². The van der Waals surface area contributed by atoms with Crippen molar-refractivity contribution in [3.63, 3.8) is 0 Å². The first-order valence-corrected chi connectivity index (χ1v) is 5.86. The fraction of sp³-hybridized carbons (Fsp3) is 0.231. The molecule has 0 saturated heterocycles. The number of aromatic nitrogens is 1. The summed E-state index contributed by atoms with van der Waals surface area (Å²) in [6.45, 7) is 3.44. The zero-order chi connectivity index (χ0) is 14.7. The molecular formula is C13H12N4O3. The normalized spacial score (nSPS) is 10.1. The third-order valence-corrected chi connectivity index (χ3v) is 2.89. The van der Waals surface area contributed by atoms with Gasteiger partial charge in [0.15, 0.2) is 0 Å². The first kappa shape index (κ1) is 13.5. The van der Waals surface area contributed by atoms with Gasteiger partial charge in [0.1, 0.15) is 28.9 Å². The fourth-order valence-electron chi connectivity index (χ4n) is 1.96. The summed E-state index contributed by atoms with van der Waals surface area (Å²) in [6.07, 6.45) is 1.54. The van der Waals surface area contributed by atoms with Crippen molar-refractivity contribution in [1.29, 1.82) is 5.26 Å². The molecule has 0 saturated carbocycles. The lowest BCUT2D eigenvalue weighted by atomic mass is 10.1. The topological polar surface area (TPSA) is 105 Å². The molecule has 2 heterocycles. The van der Waals surface area contributed by atoms with E-state index in [1.165, 1.54) is 0 Å². The van der Waals surface area contributed by atoms with Crippen LogP contribution >= 0.6 is 0 Å². The van der Waals surface area contributed by atoms with Crippen molar-refractivity contribution in [2.75, 3.05) is 5.32 Å². The predicted molar refractivity (Wildman–Crippen MR) is 71.1 cm³/mol. The lowest BCUT2D eigenvalue weighted by molar-refractivity contribution is -0.386. The van der Waals surface area contributed by atoms with Gasteiger partial charge in [-0.25, -0.2) is 4.98 Å². The zero-order valence-corrected chi connectivity index (χ0v) is 11.0. The summed E-state index contributed by atoms with van der Waals surface area (Å²) in [6, 6.07) is 5.49. The molecular weight excluding hydrogens is 260 g/mol. The molecule has 0 aliphatic heterocycles. The molecule has 0 aliphatic rings. The molecule has 0 spiro atoms. The number of nitrogens with zero attached hydrogens (tertiary/aromatic N) is 3. The predicted octanol–water partition coefficient (Wildman–Crippen LogP) is 2.68. The number of aryl methyl sites for hydroxylation is 1. The Kier molecular flexibility index (Phi) is 3.66. The van der Waals surface area contributed by atoms with Crippen LogP contribution in [0.15, 0.2) is 22.8 Å². The van der Waals surface area contributed by atoms with Crippen LogP contribution in [0.5, 0.6) is 0 Å². The molecule has 2 rings (SSSR count). The number of rotatable bonds is 4. The smallest absolute Gasteiger partial charge is 0.294 e. The minimum Gasteiger partial charge on any atom is -0.467 e. The third kappa shape index (κ3) is 2.44. The van der Waals surface area contributed by atoms with Gasteiger partial charge >= 0.3 is 0 Å². The molecule has 0 unspecified atom stereocenters. The van der Waals surface area contributed by atoms with E-state index in [2.05, 4.69) is 10.3 Å². The van der Waals surface area contributed by atoms with Crippen molar-refractivity contribution in [3.8, 4) is 6.07 Å². The number of hydrogen-bond acceptors (Lipinski definition) is 6. The number of hydrogen-bond donors (Lipinski definition) is 1. The molecule has 0 fully saturated rings. The maximum Gasteiger partial charge on any atom is 0.294 e. The average molecular weight is 272 g/mol. The van der Waals surface area contributed by atoms with Crippen molar-refractivity contribution in [3.05, 3.63) is 51.1 Å². The van der Waals surface area contributed by atoms with Crippen LogP contribution in [0.2, 0.25) is 0 Å². The van der Waals surface area contributed by atoms with Crippen molar-refractivity contribution < 1.29 is 9.34 Å². The van der Waals surface area contributed by atoms with E-state index in [4.69, 9.17) is 4.42 Å². The molecule has 0 radical (unpaired) electrons. The van der Waals surface area contributed by atoms with E-state index in [-0.39, 0.29) is 16.9 Å². The van der Waals surface area contributed by atoms with E-state index in [9.17, 15) is 15.4 Å². The van der Waals surface area contributed by atoms with Crippen LogP contribution in [-0.4, -0.2) is 9.91 Å². The van der Waals surface area contributed by atoms with E-state index >= 15 is 0 Å². The van der Waals surface area contributed by atoms with Gasteiger partial charge in [-0.3, -0.25) is 10.1 Å². The Balaban J connectivity index is 2.39. The summed E-state index contributed by atoms with van der Waals surface area (Å²) < 4.78 is 5.17. The Morgan fingerprint density at radius 2 is 2.30 bits per heavy atom. The van der Waals surface area contributed by atoms with E-state index in [0.29, 0.717) is 23.7 Å². The minimum atomic E-state index is -0.519. The molecule has 7 nitrogen and oxygen atoms in total. The first-order valence-electron chi connectivity index (χ1n) is 5.86. The highest BCUT2D eigenvalue weighted by Crippen LogP contribution is 2.28. The van der Waals surface area contributed by atoms with Gasteiger partial charge in [0.05, 0.1) is 23.3 Å². The zero-order valence-electron chi connectivity index (χ0n) is 11.0. The highest BCUT2D eigenvalue weighted by Gasteiger charge is 2.22. The van der Waals surface area contributed by atoms with Gasteiger partial charge in [-0.05, 0) is 26.0 Å². The van der Waals surface area contributed by atoms with Crippen molar-refractivity contribution in [1.82, 2.24) is 4.98 Å². The van der Waals surface area contributed by atoms with Crippen LogP contribution in [0.3, 0.4) is 0 Å². The van der Waals surface area contributed by atoms with Gasteiger partial charge in [0.2, 0.25) is 0 Å². The average Bonchev–Trinajstić information content (AvgIpc) is 2.88. The Morgan fingerprint density at radius 3 is 2.85 bits per heavy atom. The van der Waals surface area contributed by atoms with Crippen LogP contribution in [0.4, 0.5) is 11.5 Å². The summed E-state index contributed by atoms with van der Waals surface area (Å²) >= 11 is 0. The SMILES string of the molecule is Cc1nc(NCc2ccco2)c(C#N)c(C)c1[N+](=O)[O-]. The highest BCUT2D eigenvalue weighted by atomic mass is 16.6. The lowest BCUT2D eigenvalue weighted by Crippen LogP contribution is -2.08. The Morgan fingerprint density at radius 1 is 1.55 bits per heavy atom. The number of pyridine rings is 1. The molecule has 2 aromatic heterocycles. The Labute approximate surface area is 115 Å². The van der Waals surface area contributed by atoms with Crippen molar-refractivity contribution in [2.24, 2.45) is 0 Å². The Hall–Kier alpha value is -2.88. The number of furan rings is 1. The van der Waals surface area contributed by atoms with Gasteiger partial charge in [-0.2, -0.15) is 5.26 Å². The molecule has 7 heteroatoms. The van der Waals surface area contributed by atoms with E-state index in [1.54, 1.807) is 32.2 Å². The van der Waals surface area contributed by atoms with Crippen LogP contribution in [0.1, 0.15) is 22.6 Å². The number of nitriles is 1. The van der Waals surface area contributed by atoms with Crippen LogP contribution in [0.25, 0.3) is 0 Å². The second kappa shape index (κ2) is 5.40. The molecule has 0 amide bonds. The number of nitro groups is 1. The van der Waals surface area contributed by atoms with Gasteiger partial charge in [-0.1, -0.05) is 0 Å². The first-order chi connectivity index (χ1) is 9.54. The minimum absolute atomic E-state index is 0.120. The van der Waals surface area contributed by atoms with Crippen LogP contribution in [0, 0.1) is 35.3 Å². The van der Waals surface area contributed by atoms with Gasteiger partial charge in [0.25, 0.3) is 5.69 Å². The maximum absolute atomic E-state index is 11.0. The second-order valence-electron chi connectivity index (χ2n) is 4.20. The summed E-state index contributed by atoms with van der Waals surface area (Å²) in [5.41, 5.74) is 0.638. The summed E-state index contributed by atoms with van der Waals surface area (Å²) in [7, 11) is 0. The van der Waals surface area contributed by atoms with E-state index in [1.807, 2.05) is 6.07 Å². The van der Waals surface area contributed by atoms with E-state index in [0.717, 1.165) is 0 Å². The highest BCUT2D eigenvalue weighted by molar-refractivity contribution is 5.63. The molecule has 20 heavy (non-hydrogen) atoms. The molecule has 2 aromatic rings. The molecule has 0 atom stereocenters. The molecule has 0 bridgehead atoms. The van der Waals surface area contributed by atoms with Gasteiger partial charge in [0, 0.05) is 0 Å². The molecule has 0 aliphatic carbocycles. The summed E-state index contributed by atoms with van der Waals surface area (Å²) in [4.78, 5) is 14.6. The summed E-state index contributed by atoms with van der Waals surface area (Å²) in [5, 5.41) is 23.1. The Bertz CT molecular complexity index is 687. The molecule has 102 valence electrons. The van der Waals surface area contributed by atoms with Gasteiger partial charge < -0.3 is 9.73 Å². The number of anilines is 1. The largest absolute Gasteiger partial charge is 0.467 e. The molecule has 0 aromatic carbocycles. The van der Waals surface area contributed by atoms with Gasteiger partial charge in [-0.15, -0.1) is 0 Å².